The van der Waals surface area contributed by atoms with E-state index >= 15 is 0 Å². The van der Waals surface area contributed by atoms with E-state index in [2.05, 4.69) is 40.6 Å². The maximum Gasteiger partial charge on any atom is 0.144 e. The van der Waals surface area contributed by atoms with Gasteiger partial charge in [-0.3, -0.25) is 0 Å². The van der Waals surface area contributed by atoms with Crippen LogP contribution in [-0.2, 0) is 0 Å². The van der Waals surface area contributed by atoms with Crippen molar-refractivity contribution in [3.8, 4) is 6.07 Å². The van der Waals surface area contributed by atoms with Crippen molar-refractivity contribution in [2.24, 2.45) is 5.92 Å². The van der Waals surface area contributed by atoms with E-state index < -0.39 is 0 Å². The molecule has 3 nitrogen and oxygen atoms in total. The topological polar surface area (TPSA) is 48.7 Å². The second-order valence-corrected chi connectivity index (χ2v) is 5.65. The lowest BCUT2D eigenvalue weighted by atomic mass is 9.79. The third-order valence-corrected chi connectivity index (χ3v) is 4.23. The predicted molar refractivity (Wildman–Crippen MR) is 83.7 cm³/mol. The fourth-order valence-electron chi connectivity index (χ4n) is 2.80. The van der Waals surface area contributed by atoms with Gasteiger partial charge in [0, 0.05) is 6.20 Å². The van der Waals surface area contributed by atoms with Crippen molar-refractivity contribution in [1.82, 2.24) is 4.98 Å². The first kappa shape index (κ1) is 13.6. The molecule has 3 heteroatoms. The van der Waals surface area contributed by atoms with Crippen LogP contribution in [0.4, 0.5) is 5.82 Å². The molecule has 1 saturated carbocycles. The van der Waals surface area contributed by atoms with E-state index in [9.17, 15) is 5.26 Å². The quantitative estimate of drug-likeness (QED) is 0.886. The second kappa shape index (κ2) is 6.41. The lowest BCUT2D eigenvalue weighted by molar-refractivity contribution is 0.282. The Labute approximate surface area is 125 Å². The molecule has 1 atom stereocenters. The molecule has 0 amide bonds. The lowest BCUT2D eigenvalue weighted by Crippen LogP contribution is -2.20. The maximum atomic E-state index is 9.21. The molecule has 1 N–H and O–H groups in total. The van der Waals surface area contributed by atoms with Crippen LogP contribution in [0, 0.1) is 17.2 Å². The van der Waals surface area contributed by atoms with E-state index in [1.807, 2.05) is 6.07 Å². The highest BCUT2D eigenvalue weighted by molar-refractivity contribution is 5.52. The van der Waals surface area contributed by atoms with Crippen LogP contribution in [0.5, 0.6) is 0 Å². The standard InChI is InChI=1S/C18H19N3/c19-13-16-10-5-11-20-18(16)21-17(12-14-6-4-7-14)15-8-2-1-3-9-15/h1-3,5,8-11,14,17H,4,6-7,12H2,(H,20,21). The summed E-state index contributed by atoms with van der Waals surface area (Å²) < 4.78 is 0. The van der Waals surface area contributed by atoms with Gasteiger partial charge in [-0.15, -0.1) is 0 Å². The van der Waals surface area contributed by atoms with Crippen LogP contribution in [0.2, 0.25) is 0 Å². The molecule has 1 aromatic carbocycles. The Kier molecular flexibility index (Phi) is 4.16. The first-order chi connectivity index (χ1) is 10.4. The van der Waals surface area contributed by atoms with E-state index in [0.29, 0.717) is 11.4 Å². The predicted octanol–water partition coefficient (Wildman–Crippen LogP) is 4.30. The molecule has 0 saturated heterocycles. The summed E-state index contributed by atoms with van der Waals surface area (Å²) in [5.41, 5.74) is 1.87. The Morgan fingerprint density at radius 1 is 1.19 bits per heavy atom. The number of nitriles is 1. The summed E-state index contributed by atoms with van der Waals surface area (Å²) in [6, 6.07) is 16.5. The van der Waals surface area contributed by atoms with Crippen molar-refractivity contribution in [3.05, 3.63) is 59.8 Å². The third kappa shape index (κ3) is 3.22. The molecule has 21 heavy (non-hydrogen) atoms. The number of benzene rings is 1. The molecule has 1 aliphatic rings. The molecule has 3 rings (SSSR count). The highest BCUT2D eigenvalue weighted by Gasteiger charge is 2.23. The molecule has 1 fully saturated rings. The van der Waals surface area contributed by atoms with Gasteiger partial charge in [0.2, 0.25) is 0 Å². The molecule has 106 valence electrons. The number of hydrogen-bond donors (Lipinski definition) is 1. The van der Waals surface area contributed by atoms with Crippen molar-refractivity contribution < 1.29 is 0 Å². The molecular formula is C18H19N3. The highest BCUT2D eigenvalue weighted by Crippen LogP contribution is 2.36. The van der Waals surface area contributed by atoms with Gasteiger partial charge in [0.15, 0.2) is 0 Å². The van der Waals surface area contributed by atoms with Crippen LogP contribution in [0.3, 0.4) is 0 Å². The minimum atomic E-state index is 0.221. The van der Waals surface area contributed by atoms with Crippen molar-refractivity contribution in [2.45, 2.75) is 31.7 Å². The summed E-state index contributed by atoms with van der Waals surface area (Å²) in [5, 5.41) is 12.7. The summed E-state index contributed by atoms with van der Waals surface area (Å²) in [6.45, 7) is 0. The summed E-state index contributed by atoms with van der Waals surface area (Å²) >= 11 is 0. The minimum absolute atomic E-state index is 0.221. The molecule has 2 aromatic rings. The Morgan fingerprint density at radius 2 is 2.00 bits per heavy atom. The molecule has 0 radical (unpaired) electrons. The number of anilines is 1. The van der Waals surface area contributed by atoms with Gasteiger partial charge >= 0.3 is 0 Å². The number of hydrogen-bond acceptors (Lipinski definition) is 3. The third-order valence-electron chi connectivity index (χ3n) is 4.23. The van der Waals surface area contributed by atoms with Crippen LogP contribution in [0.25, 0.3) is 0 Å². The van der Waals surface area contributed by atoms with Crippen molar-refractivity contribution in [2.75, 3.05) is 5.32 Å². The Morgan fingerprint density at radius 3 is 2.67 bits per heavy atom. The SMILES string of the molecule is N#Cc1cccnc1NC(CC1CCC1)c1ccccc1. The largest absolute Gasteiger partial charge is 0.362 e. The zero-order valence-corrected chi connectivity index (χ0v) is 12.0. The van der Waals surface area contributed by atoms with E-state index in [4.69, 9.17) is 0 Å². The summed E-state index contributed by atoms with van der Waals surface area (Å²) in [6.07, 6.45) is 6.82. The number of nitrogens with zero attached hydrogens (tertiary/aromatic N) is 2. The maximum absolute atomic E-state index is 9.21. The summed E-state index contributed by atoms with van der Waals surface area (Å²) in [4.78, 5) is 4.33. The average molecular weight is 277 g/mol. The molecule has 1 unspecified atom stereocenters. The van der Waals surface area contributed by atoms with E-state index in [-0.39, 0.29) is 6.04 Å². The number of aromatic nitrogens is 1. The first-order valence-corrected chi connectivity index (χ1v) is 7.53. The van der Waals surface area contributed by atoms with Crippen LogP contribution >= 0.6 is 0 Å². The van der Waals surface area contributed by atoms with Crippen molar-refractivity contribution in [3.63, 3.8) is 0 Å². The number of rotatable bonds is 5. The molecule has 0 aliphatic heterocycles. The van der Waals surface area contributed by atoms with Gasteiger partial charge in [0.25, 0.3) is 0 Å². The Hall–Kier alpha value is -2.34. The van der Waals surface area contributed by atoms with Crippen molar-refractivity contribution >= 4 is 5.82 Å². The molecule has 1 aliphatic carbocycles. The van der Waals surface area contributed by atoms with Crippen LogP contribution < -0.4 is 5.32 Å². The molecule has 0 spiro atoms. The monoisotopic (exact) mass is 277 g/mol. The minimum Gasteiger partial charge on any atom is -0.362 e. The van der Waals surface area contributed by atoms with Crippen LogP contribution in [0.15, 0.2) is 48.7 Å². The Bertz CT molecular complexity index is 626. The van der Waals surface area contributed by atoms with Gasteiger partial charge in [0.05, 0.1) is 11.6 Å². The number of nitrogens with one attached hydrogen (secondary N) is 1. The highest BCUT2D eigenvalue weighted by atomic mass is 15.0. The van der Waals surface area contributed by atoms with Crippen LogP contribution in [-0.4, -0.2) is 4.98 Å². The summed E-state index contributed by atoms with van der Waals surface area (Å²) in [7, 11) is 0. The van der Waals surface area contributed by atoms with E-state index in [1.165, 1.54) is 24.8 Å². The smallest absolute Gasteiger partial charge is 0.144 e. The Balaban J connectivity index is 1.83. The zero-order chi connectivity index (χ0) is 14.5. The van der Waals surface area contributed by atoms with Gasteiger partial charge in [-0.25, -0.2) is 4.98 Å². The van der Waals surface area contributed by atoms with Gasteiger partial charge in [0.1, 0.15) is 11.9 Å². The normalized spacial score (nSPS) is 15.8. The fourth-order valence-corrected chi connectivity index (χ4v) is 2.80. The molecular weight excluding hydrogens is 258 g/mol. The summed E-state index contributed by atoms with van der Waals surface area (Å²) in [5.74, 6) is 1.48. The van der Waals surface area contributed by atoms with E-state index in [0.717, 1.165) is 12.3 Å². The fraction of sp³-hybridized carbons (Fsp3) is 0.333. The molecule has 1 aromatic heterocycles. The van der Waals surface area contributed by atoms with E-state index in [1.54, 1.807) is 18.3 Å². The van der Waals surface area contributed by atoms with Gasteiger partial charge in [-0.1, -0.05) is 49.6 Å². The second-order valence-electron chi connectivity index (χ2n) is 5.65. The number of pyridine rings is 1. The lowest BCUT2D eigenvalue weighted by Gasteiger charge is -2.30. The molecule has 1 heterocycles. The average Bonchev–Trinajstić information content (AvgIpc) is 2.51. The molecule has 0 bridgehead atoms. The van der Waals surface area contributed by atoms with Crippen LogP contribution in [0.1, 0.15) is 42.9 Å². The van der Waals surface area contributed by atoms with Gasteiger partial charge < -0.3 is 5.32 Å². The zero-order valence-electron chi connectivity index (χ0n) is 12.0. The van der Waals surface area contributed by atoms with Gasteiger partial charge in [-0.05, 0) is 30.0 Å². The van der Waals surface area contributed by atoms with Crippen molar-refractivity contribution in [1.29, 1.82) is 5.26 Å². The van der Waals surface area contributed by atoms with Gasteiger partial charge in [-0.2, -0.15) is 5.26 Å². The first-order valence-electron chi connectivity index (χ1n) is 7.53.